The Kier molecular flexibility index (Phi) is 3.17. The molecule has 4 heteroatoms. The van der Waals surface area contributed by atoms with E-state index in [4.69, 9.17) is 22.7 Å². The molecule has 3 nitrogen and oxygen atoms in total. The average Bonchev–Trinajstić information content (AvgIpc) is 2.87. The SMILES string of the molecule is NC(=S)c1ccc(Oc2ccc3c(c2)CCC3)nc1. The molecule has 0 fully saturated rings. The normalized spacial score (nSPS) is 13.1. The monoisotopic (exact) mass is 270 g/mol. The first-order valence-electron chi connectivity index (χ1n) is 6.28. The van der Waals surface area contributed by atoms with Gasteiger partial charge < -0.3 is 10.5 Å². The molecule has 3 rings (SSSR count). The van der Waals surface area contributed by atoms with Gasteiger partial charge in [-0.2, -0.15) is 0 Å². The lowest BCUT2D eigenvalue weighted by Gasteiger charge is -2.07. The quantitative estimate of drug-likeness (QED) is 0.871. The summed E-state index contributed by atoms with van der Waals surface area (Å²) in [5.41, 5.74) is 9.10. The fraction of sp³-hybridized carbons (Fsp3) is 0.200. The molecule has 0 radical (unpaired) electrons. The van der Waals surface area contributed by atoms with Gasteiger partial charge in [-0.05, 0) is 48.6 Å². The van der Waals surface area contributed by atoms with Gasteiger partial charge in [-0.25, -0.2) is 4.98 Å². The molecule has 1 aliphatic carbocycles. The molecule has 1 aromatic heterocycles. The van der Waals surface area contributed by atoms with Crippen molar-refractivity contribution in [2.75, 3.05) is 0 Å². The summed E-state index contributed by atoms with van der Waals surface area (Å²) in [6.07, 6.45) is 5.18. The highest BCUT2D eigenvalue weighted by atomic mass is 32.1. The molecular weight excluding hydrogens is 256 g/mol. The minimum Gasteiger partial charge on any atom is -0.439 e. The Balaban J connectivity index is 1.79. The van der Waals surface area contributed by atoms with Crippen LogP contribution < -0.4 is 10.5 Å². The Morgan fingerprint density at radius 3 is 2.74 bits per heavy atom. The standard InChI is InChI=1S/C15H14N2OS/c16-15(19)12-5-7-14(17-9-12)18-13-6-4-10-2-1-3-11(10)8-13/h4-9H,1-3H2,(H2,16,19). The van der Waals surface area contributed by atoms with E-state index in [9.17, 15) is 0 Å². The third-order valence-electron chi connectivity index (χ3n) is 3.31. The molecule has 96 valence electrons. The number of nitrogens with zero attached hydrogens (tertiary/aromatic N) is 1. The Hall–Kier alpha value is -1.94. The van der Waals surface area contributed by atoms with Crippen LogP contribution in [0.3, 0.4) is 0 Å². The summed E-state index contributed by atoms with van der Waals surface area (Å²) in [4.78, 5) is 4.54. The summed E-state index contributed by atoms with van der Waals surface area (Å²) in [7, 11) is 0. The molecule has 1 aromatic carbocycles. The molecule has 2 N–H and O–H groups in total. The maximum absolute atomic E-state index is 5.74. The smallest absolute Gasteiger partial charge is 0.219 e. The minimum atomic E-state index is 0.344. The fourth-order valence-corrected chi connectivity index (χ4v) is 2.44. The van der Waals surface area contributed by atoms with Crippen molar-refractivity contribution >= 4 is 17.2 Å². The van der Waals surface area contributed by atoms with Gasteiger partial charge in [0.15, 0.2) is 0 Å². The molecule has 0 saturated heterocycles. The zero-order chi connectivity index (χ0) is 13.2. The van der Waals surface area contributed by atoms with E-state index in [0.29, 0.717) is 10.9 Å². The zero-order valence-corrected chi connectivity index (χ0v) is 11.2. The maximum Gasteiger partial charge on any atom is 0.219 e. The maximum atomic E-state index is 5.74. The summed E-state index contributed by atoms with van der Waals surface area (Å²) >= 11 is 4.89. The first-order chi connectivity index (χ1) is 9.22. The molecule has 2 aromatic rings. The van der Waals surface area contributed by atoms with Gasteiger partial charge in [0.2, 0.25) is 5.88 Å². The van der Waals surface area contributed by atoms with Gasteiger partial charge in [0.1, 0.15) is 10.7 Å². The highest BCUT2D eigenvalue weighted by molar-refractivity contribution is 7.80. The van der Waals surface area contributed by atoms with Crippen molar-refractivity contribution < 1.29 is 4.74 Å². The number of hydrogen-bond acceptors (Lipinski definition) is 3. The van der Waals surface area contributed by atoms with E-state index in [1.54, 1.807) is 12.3 Å². The number of pyridine rings is 1. The van der Waals surface area contributed by atoms with Gasteiger partial charge in [0.25, 0.3) is 0 Å². The second-order valence-corrected chi connectivity index (χ2v) is 5.08. The molecule has 0 bridgehead atoms. The largest absolute Gasteiger partial charge is 0.439 e. The van der Waals surface area contributed by atoms with E-state index in [-0.39, 0.29) is 0 Å². The number of fused-ring (bicyclic) bond motifs is 1. The Morgan fingerprint density at radius 1 is 1.16 bits per heavy atom. The van der Waals surface area contributed by atoms with E-state index in [1.807, 2.05) is 12.1 Å². The lowest BCUT2D eigenvalue weighted by Crippen LogP contribution is -2.09. The van der Waals surface area contributed by atoms with Crippen molar-refractivity contribution in [3.8, 4) is 11.6 Å². The highest BCUT2D eigenvalue weighted by Crippen LogP contribution is 2.28. The van der Waals surface area contributed by atoms with Gasteiger partial charge in [-0.3, -0.25) is 0 Å². The number of nitrogens with two attached hydrogens (primary N) is 1. The van der Waals surface area contributed by atoms with Crippen molar-refractivity contribution in [3.05, 3.63) is 53.2 Å². The molecule has 19 heavy (non-hydrogen) atoms. The van der Waals surface area contributed by atoms with E-state index in [0.717, 1.165) is 17.7 Å². The van der Waals surface area contributed by atoms with E-state index in [1.165, 1.54) is 24.0 Å². The fourth-order valence-electron chi connectivity index (χ4n) is 2.32. The zero-order valence-electron chi connectivity index (χ0n) is 10.4. The summed E-state index contributed by atoms with van der Waals surface area (Å²) in [6.45, 7) is 0. The van der Waals surface area contributed by atoms with Crippen molar-refractivity contribution in [2.24, 2.45) is 5.73 Å². The first kappa shape index (κ1) is 12.1. The Labute approximate surface area is 117 Å². The van der Waals surface area contributed by atoms with Gasteiger partial charge in [-0.1, -0.05) is 18.3 Å². The third-order valence-corrected chi connectivity index (χ3v) is 3.55. The number of rotatable bonds is 3. The van der Waals surface area contributed by atoms with Crippen LogP contribution in [0.1, 0.15) is 23.1 Å². The van der Waals surface area contributed by atoms with Crippen LogP contribution in [-0.4, -0.2) is 9.97 Å². The summed E-state index contributed by atoms with van der Waals surface area (Å²) in [5, 5.41) is 0. The van der Waals surface area contributed by atoms with Gasteiger partial charge in [-0.15, -0.1) is 0 Å². The predicted molar refractivity (Wildman–Crippen MR) is 78.7 cm³/mol. The van der Waals surface area contributed by atoms with Gasteiger partial charge in [0.05, 0.1) is 0 Å². The van der Waals surface area contributed by atoms with E-state index >= 15 is 0 Å². The van der Waals surface area contributed by atoms with Gasteiger partial charge in [0, 0.05) is 17.8 Å². The number of aromatic nitrogens is 1. The number of benzene rings is 1. The van der Waals surface area contributed by atoms with Crippen LogP contribution in [0.4, 0.5) is 0 Å². The molecule has 0 spiro atoms. The van der Waals surface area contributed by atoms with Crippen molar-refractivity contribution in [3.63, 3.8) is 0 Å². The lowest BCUT2D eigenvalue weighted by molar-refractivity contribution is 0.462. The molecule has 1 aliphatic rings. The Morgan fingerprint density at radius 2 is 2.00 bits per heavy atom. The predicted octanol–water partition coefficient (Wildman–Crippen LogP) is 3.00. The van der Waals surface area contributed by atoms with E-state index in [2.05, 4.69) is 17.1 Å². The van der Waals surface area contributed by atoms with Crippen LogP contribution in [-0.2, 0) is 12.8 Å². The third kappa shape index (κ3) is 2.58. The van der Waals surface area contributed by atoms with Crippen LogP contribution in [0.2, 0.25) is 0 Å². The van der Waals surface area contributed by atoms with Crippen LogP contribution in [0.5, 0.6) is 11.6 Å². The Bertz CT molecular complexity index is 623. The van der Waals surface area contributed by atoms with Crippen LogP contribution in [0.25, 0.3) is 0 Å². The molecular formula is C15H14N2OS. The molecule has 0 amide bonds. The summed E-state index contributed by atoms with van der Waals surface area (Å²) in [6, 6.07) is 9.83. The average molecular weight is 270 g/mol. The van der Waals surface area contributed by atoms with Crippen LogP contribution in [0, 0.1) is 0 Å². The van der Waals surface area contributed by atoms with Crippen LogP contribution >= 0.6 is 12.2 Å². The number of hydrogen-bond donors (Lipinski definition) is 1. The number of ether oxygens (including phenoxy) is 1. The van der Waals surface area contributed by atoms with Crippen LogP contribution in [0.15, 0.2) is 36.5 Å². The molecule has 1 heterocycles. The molecule has 0 aliphatic heterocycles. The van der Waals surface area contributed by atoms with E-state index < -0.39 is 0 Å². The summed E-state index contributed by atoms with van der Waals surface area (Å²) < 4.78 is 5.74. The first-order valence-corrected chi connectivity index (χ1v) is 6.69. The molecule has 0 saturated carbocycles. The van der Waals surface area contributed by atoms with Gasteiger partial charge >= 0.3 is 0 Å². The second kappa shape index (κ2) is 4.97. The topological polar surface area (TPSA) is 48.1 Å². The summed E-state index contributed by atoms with van der Waals surface area (Å²) in [5.74, 6) is 1.38. The van der Waals surface area contributed by atoms with Crippen molar-refractivity contribution in [1.29, 1.82) is 0 Å². The second-order valence-electron chi connectivity index (χ2n) is 4.64. The number of aryl methyl sites for hydroxylation is 2. The highest BCUT2D eigenvalue weighted by Gasteiger charge is 2.11. The van der Waals surface area contributed by atoms with Crippen molar-refractivity contribution in [1.82, 2.24) is 4.98 Å². The lowest BCUT2D eigenvalue weighted by atomic mass is 10.1. The number of thiocarbonyl (C=S) groups is 1. The van der Waals surface area contributed by atoms with Crippen molar-refractivity contribution in [2.45, 2.75) is 19.3 Å². The molecule has 0 unspecified atom stereocenters. The molecule has 0 atom stereocenters. The minimum absolute atomic E-state index is 0.344.